The molecule has 0 aliphatic rings. The molecule has 0 aliphatic carbocycles. The Balaban J connectivity index is 2.22. The molecule has 26 heavy (non-hydrogen) atoms. The van der Waals surface area contributed by atoms with Crippen LogP contribution in [0.1, 0.15) is 12.5 Å². The molecule has 0 bridgehead atoms. The summed E-state index contributed by atoms with van der Waals surface area (Å²) < 4.78 is 31.7. The van der Waals surface area contributed by atoms with Gasteiger partial charge in [0, 0.05) is 29.8 Å². The van der Waals surface area contributed by atoms with Crippen molar-refractivity contribution in [1.82, 2.24) is 0 Å². The Morgan fingerprint density at radius 1 is 1.19 bits per heavy atom. The molecule has 0 aliphatic heterocycles. The van der Waals surface area contributed by atoms with Gasteiger partial charge >= 0.3 is 0 Å². The minimum Gasteiger partial charge on any atom is -0.495 e. The predicted octanol–water partition coefficient (Wildman–Crippen LogP) is 3.93. The van der Waals surface area contributed by atoms with Crippen LogP contribution < -0.4 is 15.0 Å². The molecule has 8 heteroatoms. The van der Waals surface area contributed by atoms with Crippen molar-refractivity contribution in [3.8, 4) is 5.75 Å². The Morgan fingerprint density at radius 2 is 1.88 bits per heavy atom. The normalized spacial score (nSPS) is 10.4. The maximum atomic E-state index is 13.4. The number of hydrogen-bond acceptors (Lipinski definition) is 3. The molecule has 2 aromatic carbocycles. The lowest BCUT2D eigenvalue weighted by atomic mass is 10.2. The number of anilines is 2. The first-order valence-corrected chi connectivity index (χ1v) is 7.98. The number of ether oxygens (including phenoxy) is 1. The van der Waals surface area contributed by atoms with Crippen LogP contribution in [0.25, 0.3) is 0 Å². The van der Waals surface area contributed by atoms with E-state index in [0.29, 0.717) is 16.5 Å². The summed E-state index contributed by atoms with van der Waals surface area (Å²) in [6, 6.07) is 6.17. The van der Waals surface area contributed by atoms with Crippen LogP contribution in [0.5, 0.6) is 5.75 Å². The second-order valence-corrected chi connectivity index (χ2v) is 5.96. The van der Waals surface area contributed by atoms with E-state index in [0.717, 1.165) is 22.6 Å². The number of benzene rings is 2. The Labute approximate surface area is 154 Å². The Hall–Kier alpha value is -2.67. The maximum Gasteiger partial charge on any atom is 0.244 e. The molecular formula is C18H17ClF2N2O3. The van der Waals surface area contributed by atoms with Crippen molar-refractivity contribution in [2.24, 2.45) is 0 Å². The minimum atomic E-state index is -1.11. The second kappa shape index (κ2) is 8.14. The number of methoxy groups -OCH3 is 1. The molecule has 0 radical (unpaired) electrons. The van der Waals surface area contributed by atoms with Crippen LogP contribution in [0.3, 0.4) is 0 Å². The Kier molecular flexibility index (Phi) is 6.15. The van der Waals surface area contributed by atoms with Crippen molar-refractivity contribution >= 4 is 34.8 Å². The molecule has 0 saturated heterocycles. The van der Waals surface area contributed by atoms with Crippen molar-refractivity contribution in [2.75, 3.05) is 23.9 Å². The molecule has 0 aromatic heterocycles. The fraction of sp³-hybridized carbons (Fsp3) is 0.222. The van der Waals surface area contributed by atoms with Crippen LogP contribution in [0.15, 0.2) is 30.3 Å². The average molecular weight is 383 g/mol. The van der Waals surface area contributed by atoms with Crippen LogP contribution in [0.4, 0.5) is 20.2 Å². The third-order valence-electron chi connectivity index (χ3n) is 3.65. The van der Waals surface area contributed by atoms with Gasteiger partial charge in [-0.1, -0.05) is 11.6 Å². The van der Waals surface area contributed by atoms with Crippen molar-refractivity contribution in [3.63, 3.8) is 0 Å². The first kappa shape index (κ1) is 19.7. The van der Waals surface area contributed by atoms with Gasteiger partial charge in [-0.15, -0.1) is 0 Å². The summed E-state index contributed by atoms with van der Waals surface area (Å²) in [5.41, 5.74) is 1.19. The largest absolute Gasteiger partial charge is 0.495 e. The molecule has 0 spiro atoms. The summed E-state index contributed by atoms with van der Waals surface area (Å²) in [6.07, 6.45) is 0. The highest BCUT2D eigenvalue weighted by molar-refractivity contribution is 6.31. The zero-order valence-corrected chi connectivity index (χ0v) is 15.2. The van der Waals surface area contributed by atoms with Crippen LogP contribution in [0.2, 0.25) is 5.02 Å². The summed E-state index contributed by atoms with van der Waals surface area (Å²) in [7, 11) is 1.43. The number of carbonyl (C=O) groups is 2. The number of carbonyl (C=O) groups excluding carboxylic acids is 2. The average Bonchev–Trinajstić information content (AvgIpc) is 2.58. The van der Waals surface area contributed by atoms with Gasteiger partial charge in [0.1, 0.15) is 12.3 Å². The number of halogens is 3. The lowest BCUT2D eigenvalue weighted by Crippen LogP contribution is -2.36. The molecule has 0 unspecified atom stereocenters. The fourth-order valence-electron chi connectivity index (χ4n) is 2.30. The van der Waals surface area contributed by atoms with Gasteiger partial charge in [-0.3, -0.25) is 9.59 Å². The third-order valence-corrected chi connectivity index (χ3v) is 4.06. The van der Waals surface area contributed by atoms with Crippen molar-refractivity contribution in [1.29, 1.82) is 0 Å². The molecular weight excluding hydrogens is 366 g/mol. The quantitative estimate of drug-likeness (QED) is 0.852. The van der Waals surface area contributed by atoms with E-state index < -0.39 is 23.4 Å². The van der Waals surface area contributed by atoms with Crippen molar-refractivity contribution in [2.45, 2.75) is 13.8 Å². The highest BCUT2D eigenvalue weighted by Crippen LogP contribution is 2.31. The van der Waals surface area contributed by atoms with E-state index >= 15 is 0 Å². The fourth-order valence-corrected chi connectivity index (χ4v) is 2.45. The van der Waals surface area contributed by atoms with E-state index in [1.807, 2.05) is 0 Å². The number of rotatable bonds is 5. The topological polar surface area (TPSA) is 58.6 Å². The van der Waals surface area contributed by atoms with E-state index in [9.17, 15) is 18.4 Å². The van der Waals surface area contributed by atoms with Gasteiger partial charge in [0.15, 0.2) is 11.6 Å². The lowest BCUT2D eigenvalue weighted by Gasteiger charge is -2.21. The van der Waals surface area contributed by atoms with Gasteiger partial charge in [-0.05, 0) is 30.7 Å². The summed E-state index contributed by atoms with van der Waals surface area (Å²) in [5.74, 6) is -2.82. The second-order valence-electron chi connectivity index (χ2n) is 5.55. The van der Waals surface area contributed by atoms with Crippen molar-refractivity contribution in [3.05, 3.63) is 52.6 Å². The first-order valence-electron chi connectivity index (χ1n) is 7.60. The summed E-state index contributed by atoms with van der Waals surface area (Å²) in [4.78, 5) is 25.2. The van der Waals surface area contributed by atoms with E-state index in [1.165, 1.54) is 20.1 Å². The highest BCUT2D eigenvalue weighted by atomic mass is 35.5. The van der Waals surface area contributed by atoms with Gasteiger partial charge in [-0.25, -0.2) is 8.78 Å². The van der Waals surface area contributed by atoms with E-state index in [4.69, 9.17) is 16.3 Å². The molecule has 0 saturated carbocycles. The molecule has 0 heterocycles. The van der Waals surface area contributed by atoms with Crippen LogP contribution in [-0.4, -0.2) is 25.5 Å². The zero-order chi connectivity index (χ0) is 19.4. The number of nitrogens with zero attached hydrogens (tertiary/aromatic N) is 1. The van der Waals surface area contributed by atoms with Crippen LogP contribution in [0, 0.1) is 18.6 Å². The molecule has 138 valence electrons. The smallest absolute Gasteiger partial charge is 0.244 e. The van der Waals surface area contributed by atoms with Gasteiger partial charge in [0.25, 0.3) is 0 Å². The van der Waals surface area contributed by atoms with E-state index in [2.05, 4.69) is 5.32 Å². The lowest BCUT2D eigenvalue weighted by molar-refractivity contribution is -0.120. The third kappa shape index (κ3) is 4.49. The standard InChI is InChI=1S/C18H17ClF2N2O3/c1-10-6-16(17(26-3)8-13(10)19)22-18(25)9-23(11(2)24)12-4-5-14(20)15(21)7-12/h4-8H,9H2,1-3H3,(H,22,25). The van der Waals surface area contributed by atoms with Gasteiger partial charge < -0.3 is 15.0 Å². The van der Waals surface area contributed by atoms with Gasteiger partial charge in [0.2, 0.25) is 11.8 Å². The summed E-state index contributed by atoms with van der Waals surface area (Å²) >= 11 is 6.02. The van der Waals surface area contributed by atoms with Crippen molar-refractivity contribution < 1.29 is 23.1 Å². The number of nitrogens with one attached hydrogen (secondary N) is 1. The number of amides is 2. The number of hydrogen-bond donors (Lipinski definition) is 1. The minimum absolute atomic E-state index is 0.0748. The Morgan fingerprint density at radius 3 is 2.46 bits per heavy atom. The van der Waals surface area contributed by atoms with Gasteiger partial charge in [0.05, 0.1) is 12.8 Å². The molecule has 0 atom stereocenters. The summed E-state index contributed by atoms with van der Waals surface area (Å²) in [5, 5.41) is 3.11. The van der Waals surface area contributed by atoms with Crippen LogP contribution in [-0.2, 0) is 9.59 Å². The first-order chi connectivity index (χ1) is 12.2. The molecule has 5 nitrogen and oxygen atoms in total. The predicted molar refractivity (Wildman–Crippen MR) is 95.8 cm³/mol. The van der Waals surface area contributed by atoms with Gasteiger partial charge in [-0.2, -0.15) is 0 Å². The monoisotopic (exact) mass is 382 g/mol. The SMILES string of the molecule is COc1cc(Cl)c(C)cc1NC(=O)CN(C(C)=O)c1ccc(F)c(F)c1. The molecule has 2 rings (SSSR count). The zero-order valence-electron chi connectivity index (χ0n) is 14.4. The maximum absolute atomic E-state index is 13.4. The van der Waals surface area contributed by atoms with E-state index in [-0.39, 0.29) is 12.2 Å². The van der Waals surface area contributed by atoms with E-state index in [1.54, 1.807) is 19.1 Å². The number of aryl methyl sites for hydroxylation is 1. The highest BCUT2D eigenvalue weighted by Gasteiger charge is 2.19. The molecule has 2 aromatic rings. The van der Waals surface area contributed by atoms with Crippen LogP contribution >= 0.6 is 11.6 Å². The Bertz CT molecular complexity index is 859. The molecule has 0 fully saturated rings. The summed E-state index contributed by atoms with van der Waals surface area (Å²) in [6.45, 7) is 2.60. The molecule has 1 N–H and O–H groups in total. The molecule has 2 amide bonds.